The maximum atomic E-state index is 11.3. The lowest BCUT2D eigenvalue weighted by atomic mass is 10.1. The van der Waals surface area contributed by atoms with Crippen molar-refractivity contribution in [3.8, 4) is 28.6 Å². The number of aromatic nitrogens is 1. The Kier molecular flexibility index (Phi) is 3.46. The number of pyridine rings is 1. The molecule has 0 spiro atoms. The van der Waals surface area contributed by atoms with Crippen LogP contribution in [-0.2, 0) is 4.79 Å². The molecule has 22 heavy (non-hydrogen) atoms. The van der Waals surface area contributed by atoms with E-state index in [1.54, 1.807) is 30.3 Å². The Balaban J connectivity index is 2.09. The Labute approximate surface area is 126 Å². The van der Waals surface area contributed by atoms with Crippen molar-refractivity contribution in [2.24, 2.45) is 5.73 Å². The largest absolute Gasteiger partial charge is 0.485 e. The van der Waals surface area contributed by atoms with Gasteiger partial charge < -0.3 is 25.7 Å². The van der Waals surface area contributed by atoms with E-state index in [-0.39, 0.29) is 6.61 Å². The minimum atomic E-state index is -0.836. The third kappa shape index (κ3) is 2.48. The van der Waals surface area contributed by atoms with Gasteiger partial charge in [0, 0.05) is 17.3 Å². The highest BCUT2D eigenvalue weighted by molar-refractivity contribution is 5.81. The number of hydrogen-bond donors (Lipinski definition) is 2. The Morgan fingerprint density at radius 2 is 2.23 bits per heavy atom. The first kappa shape index (κ1) is 14.0. The van der Waals surface area contributed by atoms with Crippen molar-refractivity contribution in [3.05, 3.63) is 30.3 Å². The van der Waals surface area contributed by atoms with E-state index in [0.29, 0.717) is 34.3 Å². The summed E-state index contributed by atoms with van der Waals surface area (Å²) in [6, 6.07) is 8.66. The zero-order valence-electron chi connectivity index (χ0n) is 11.9. The fraction of sp³-hybridized carbons (Fsp3) is 0.200. The van der Waals surface area contributed by atoms with E-state index < -0.39 is 12.0 Å². The number of fused-ring (bicyclic) bond motifs is 1. The Bertz CT molecular complexity index is 733. The highest BCUT2D eigenvalue weighted by Crippen LogP contribution is 2.41. The number of hydrogen-bond acceptors (Lipinski definition) is 6. The molecule has 114 valence electrons. The molecule has 0 unspecified atom stereocenters. The number of amides is 1. The van der Waals surface area contributed by atoms with Crippen molar-refractivity contribution < 1.29 is 19.0 Å². The lowest BCUT2D eigenvalue weighted by Crippen LogP contribution is -2.41. The fourth-order valence-corrected chi connectivity index (χ4v) is 2.20. The molecule has 0 aliphatic carbocycles. The molecule has 7 nitrogen and oxygen atoms in total. The first-order chi connectivity index (χ1) is 10.6. The topological polar surface area (TPSA) is 110 Å². The van der Waals surface area contributed by atoms with Gasteiger partial charge in [0.05, 0.1) is 12.8 Å². The van der Waals surface area contributed by atoms with Gasteiger partial charge in [-0.05, 0) is 18.2 Å². The first-order valence-electron chi connectivity index (χ1n) is 6.62. The summed E-state index contributed by atoms with van der Waals surface area (Å²) in [7, 11) is 1.51. The Morgan fingerprint density at radius 1 is 1.41 bits per heavy atom. The summed E-state index contributed by atoms with van der Waals surface area (Å²) in [6.45, 7) is 0.0828. The highest BCUT2D eigenvalue weighted by Gasteiger charge is 2.28. The van der Waals surface area contributed by atoms with Crippen molar-refractivity contribution in [1.29, 1.82) is 0 Å². The molecule has 1 atom stereocenters. The van der Waals surface area contributed by atoms with Crippen molar-refractivity contribution in [3.63, 3.8) is 0 Å². The molecule has 2 aromatic rings. The summed E-state index contributed by atoms with van der Waals surface area (Å²) >= 11 is 0. The molecule has 1 aliphatic heterocycles. The predicted molar refractivity (Wildman–Crippen MR) is 79.7 cm³/mol. The molecule has 1 amide bonds. The lowest BCUT2D eigenvalue weighted by Gasteiger charge is -2.26. The van der Waals surface area contributed by atoms with Gasteiger partial charge in [0.15, 0.2) is 11.5 Å². The molecule has 0 fully saturated rings. The van der Waals surface area contributed by atoms with E-state index in [1.165, 1.54) is 7.11 Å². The molecule has 0 radical (unpaired) electrons. The standard InChI is InChI=1S/C15H15N3O4/c1-20-13-6-8(16)5-10(18-13)9-3-2-4-11-14(9)22-12(7-21-11)15(17)19/h2-6,12H,7H2,1H3,(H2,16,18)(H2,17,19)/t12-/m1/s1. The SMILES string of the molecule is COc1cc(N)cc(-c2cccc3c2O[C@@H](C(N)=O)CO3)n1. The van der Waals surface area contributed by atoms with Gasteiger partial charge in [0.25, 0.3) is 5.91 Å². The summed E-state index contributed by atoms with van der Waals surface area (Å²) in [6.07, 6.45) is -0.836. The van der Waals surface area contributed by atoms with E-state index in [9.17, 15) is 4.79 Å². The number of rotatable bonds is 3. The van der Waals surface area contributed by atoms with Gasteiger partial charge in [-0.15, -0.1) is 0 Å². The number of carbonyl (C=O) groups excluding carboxylic acids is 1. The van der Waals surface area contributed by atoms with E-state index >= 15 is 0 Å². The van der Waals surface area contributed by atoms with Crippen molar-refractivity contribution >= 4 is 11.6 Å². The van der Waals surface area contributed by atoms with E-state index in [1.807, 2.05) is 0 Å². The van der Waals surface area contributed by atoms with Gasteiger partial charge in [0.2, 0.25) is 12.0 Å². The van der Waals surface area contributed by atoms with Gasteiger partial charge in [-0.2, -0.15) is 0 Å². The predicted octanol–water partition coefficient (Wildman–Crippen LogP) is 0.965. The van der Waals surface area contributed by atoms with Gasteiger partial charge in [-0.25, -0.2) is 4.98 Å². The number of para-hydroxylation sites is 1. The van der Waals surface area contributed by atoms with Crippen LogP contribution in [0.15, 0.2) is 30.3 Å². The second-order valence-corrected chi connectivity index (χ2v) is 4.78. The molecule has 1 aromatic heterocycles. The summed E-state index contributed by atoms with van der Waals surface area (Å²) in [5.74, 6) is 0.741. The Morgan fingerprint density at radius 3 is 2.95 bits per heavy atom. The van der Waals surface area contributed by atoms with E-state index in [2.05, 4.69) is 4.98 Å². The van der Waals surface area contributed by atoms with Crippen LogP contribution < -0.4 is 25.7 Å². The third-order valence-electron chi connectivity index (χ3n) is 3.26. The molecule has 7 heteroatoms. The molecule has 3 rings (SSSR count). The molecular weight excluding hydrogens is 286 g/mol. The van der Waals surface area contributed by atoms with Crippen LogP contribution >= 0.6 is 0 Å². The average molecular weight is 301 g/mol. The molecule has 1 aromatic carbocycles. The van der Waals surface area contributed by atoms with Crippen LogP contribution in [0.1, 0.15) is 0 Å². The maximum Gasteiger partial charge on any atom is 0.262 e. The minimum Gasteiger partial charge on any atom is -0.485 e. The molecule has 2 heterocycles. The molecule has 0 saturated carbocycles. The quantitative estimate of drug-likeness (QED) is 0.874. The third-order valence-corrected chi connectivity index (χ3v) is 3.26. The van der Waals surface area contributed by atoms with Crippen LogP contribution in [0, 0.1) is 0 Å². The van der Waals surface area contributed by atoms with Crippen molar-refractivity contribution in [2.45, 2.75) is 6.10 Å². The smallest absolute Gasteiger partial charge is 0.262 e. The summed E-state index contributed by atoms with van der Waals surface area (Å²) < 4.78 is 16.3. The number of nitrogens with zero attached hydrogens (tertiary/aromatic N) is 1. The number of anilines is 1. The minimum absolute atomic E-state index is 0.0828. The molecule has 0 bridgehead atoms. The number of methoxy groups -OCH3 is 1. The molecule has 1 aliphatic rings. The zero-order chi connectivity index (χ0) is 15.7. The molecule has 4 N–H and O–H groups in total. The number of nitrogens with two attached hydrogens (primary N) is 2. The van der Waals surface area contributed by atoms with Crippen LogP contribution in [0.2, 0.25) is 0 Å². The fourth-order valence-electron chi connectivity index (χ4n) is 2.20. The number of primary amides is 1. The van der Waals surface area contributed by atoms with Gasteiger partial charge in [0.1, 0.15) is 6.61 Å². The van der Waals surface area contributed by atoms with Crippen LogP contribution in [-0.4, -0.2) is 30.7 Å². The summed E-state index contributed by atoms with van der Waals surface area (Å²) in [4.78, 5) is 15.7. The van der Waals surface area contributed by atoms with Crippen LogP contribution in [0.5, 0.6) is 17.4 Å². The van der Waals surface area contributed by atoms with Gasteiger partial charge in [-0.3, -0.25) is 4.79 Å². The summed E-state index contributed by atoms with van der Waals surface area (Å²) in [5.41, 5.74) is 12.8. The molecule has 0 saturated heterocycles. The number of benzene rings is 1. The highest BCUT2D eigenvalue weighted by atomic mass is 16.6. The normalized spacial score (nSPS) is 16.1. The zero-order valence-corrected chi connectivity index (χ0v) is 11.9. The van der Waals surface area contributed by atoms with Crippen molar-refractivity contribution in [1.82, 2.24) is 4.98 Å². The second-order valence-electron chi connectivity index (χ2n) is 4.78. The van der Waals surface area contributed by atoms with Crippen LogP contribution in [0.3, 0.4) is 0 Å². The Hall–Kier alpha value is -2.96. The van der Waals surface area contributed by atoms with Crippen molar-refractivity contribution in [2.75, 3.05) is 19.5 Å². The second kappa shape index (κ2) is 5.44. The first-order valence-corrected chi connectivity index (χ1v) is 6.62. The van der Waals surface area contributed by atoms with Gasteiger partial charge in [-0.1, -0.05) is 6.07 Å². The summed E-state index contributed by atoms with van der Waals surface area (Å²) in [5, 5.41) is 0. The monoisotopic (exact) mass is 301 g/mol. The van der Waals surface area contributed by atoms with Crippen LogP contribution in [0.4, 0.5) is 5.69 Å². The number of ether oxygens (including phenoxy) is 3. The number of nitrogen functional groups attached to an aromatic ring is 1. The van der Waals surface area contributed by atoms with E-state index in [0.717, 1.165) is 0 Å². The van der Waals surface area contributed by atoms with Crippen LogP contribution in [0.25, 0.3) is 11.3 Å². The van der Waals surface area contributed by atoms with E-state index in [4.69, 9.17) is 25.7 Å². The average Bonchev–Trinajstić information content (AvgIpc) is 2.53. The maximum absolute atomic E-state index is 11.3. The molecular formula is C15H15N3O4. The number of carbonyl (C=O) groups is 1. The lowest BCUT2D eigenvalue weighted by molar-refractivity contribution is -0.126. The van der Waals surface area contributed by atoms with Gasteiger partial charge >= 0.3 is 0 Å².